The second kappa shape index (κ2) is 6.16. The first kappa shape index (κ1) is 14.0. The van der Waals surface area contributed by atoms with E-state index in [4.69, 9.17) is 0 Å². The van der Waals surface area contributed by atoms with Crippen LogP contribution in [-0.2, 0) is 0 Å². The van der Waals surface area contributed by atoms with Gasteiger partial charge in [0, 0.05) is 42.9 Å². The average Bonchev–Trinajstić information content (AvgIpc) is 2.46. The first-order chi connectivity index (χ1) is 9.56. The number of nitro groups is 1. The lowest BCUT2D eigenvalue weighted by molar-refractivity contribution is -0.384. The zero-order valence-electron chi connectivity index (χ0n) is 11.1. The van der Waals surface area contributed by atoms with Crippen molar-refractivity contribution in [1.29, 1.82) is 0 Å². The van der Waals surface area contributed by atoms with Gasteiger partial charge >= 0.3 is 0 Å². The molecule has 7 nitrogen and oxygen atoms in total. The molecule has 0 saturated heterocycles. The van der Waals surface area contributed by atoms with Crippen molar-refractivity contribution in [2.45, 2.75) is 6.42 Å². The molecule has 0 saturated carbocycles. The van der Waals surface area contributed by atoms with Gasteiger partial charge in [-0.05, 0) is 19.2 Å². The molecule has 2 rings (SSSR count). The van der Waals surface area contributed by atoms with Gasteiger partial charge < -0.3 is 10.3 Å². The summed E-state index contributed by atoms with van der Waals surface area (Å²) in [7, 11) is 2.02. The fraction of sp³-hybridized carbons (Fsp3) is 0.308. The van der Waals surface area contributed by atoms with Gasteiger partial charge in [0.15, 0.2) is 0 Å². The number of hydrogen-bond acceptors (Lipinski definition) is 5. The molecule has 0 aromatic heterocycles. The van der Waals surface area contributed by atoms with E-state index >= 15 is 0 Å². The maximum Gasteiger partial charge on any atom is 0.270 e. The maximum atomic E-state index is 11.9. The van der Waals surface area contributed by atoms with Crippen molar-refractivity contribution in [3.05, 3.63) is 51.7 Å². The number of rotatable bonds is 4. The van der Waals surface area contributed by atoms with Crippen LogP contribution in [0.15, 0.2) is 36.0 Å². The highest BCUT2D eigenvalue weighted by molar-refractivity contribution is 5.94. The van der Waals surface area contributed by atoms with Gasteiger partial charge in [0.2, 0.25) is 0 Å². The molecule has 0 fully saturated rings. The second-order valence-corrected chi connectivity index (χ2v) is 4.63. The van der Waals surface area contributed by atoms with Gasteiger partial charge in [0.1, 0.15) is 0 Å². The second-order valence-electron chi connectivity index (χ2n) is 4.63. The molecule has 0 unspecified atom stereocenters. The molecule has 1 amide bonds. The third-order valence-corrected chi connectivity index (χ3v) is 3.07. The molecule has 0 radical (unpaired) electrons. The largest absolute Gasteiger partial charge is 0.303 e. The summed E-state index contributed by atoms with van der Waals surface area (Å²) in [6, 6.07) is 5.62. The summed E-state index contributed by atoms with van der Waals surface area (Å²) in [5.74, 6) is -0.395. The predicted octanol–water partition coefficient (Wildman–Crippen LogP) is 1.05. The zero-order chi connectivity index (χ0) is 14.5. The Hall–Kier alpha value is -2.41. The van der Waals surface area contributed by atoms with Crippen LogP contribution in [0.25, 0.3) is 0 Å². The van der Waals surface area contributed by atoms with E-state index in [1.807, 2.05) is 13.1 Å². The number of carbonyl (C=O) groups is 1. The van der Waals surface area contributed by atoms with Crippen molar-refractivity contribution >= 4 is 11.6 Å². The molecule has 1 aromatic rings. The van der Waals surface area contributed by atoms with Crippen LogP contribution in [0.4, 0.5) is 5.69 Å². The Labute approximate surface area is 116 Å². The fourth-order valence-corrected chi connectivity index (χ4v) is 1.85. The molecular weight excluding hydrogens is 260 g/mol. The van der Waals surface area contributed by atoms with Crippen LogP contribution in [0.5, 0.6) is 0 Å². The number of hydrogen-bond donors (Lipinski definition) is 2. The molecule has 1 heterocycles. The van der Waals surface area contributed by atoms with E-state index in [0.717, 1.165) is 25.2 Å². The number of nitrogens with zero attached hydrogens (tertiary/aromatic N) is 2. The summed E-state index contributed by atoms with van der Waals surface area (Å²) in [6.45, 7) is 1.75. The van der Waals surface area contributed by atoms with Crippen LogP contribution in [0.3, 0.4) is 0 Å². The molecule has 0 aliphatic carbocycles. The first-order valence-corrected chi connectivity index (χ1v) is 6.24. The zero-order valence-corrected chi connectivity index (χ0v) is 11.1. The highest BCUT2D eigenvalue weighted by Crippen LogP contribution is 2.13. The molecule has 0 atom stereocenters. The Morgan fingerprint density at radius 2 is 2.25 bits per heavy atom. The van der Waals surface area contributed by atoms with Crippen molar-refractivity contribution in [3.63, 3.8) is 0 Å². The van der Waals surface area contributed by atoms with Gasteiger partial charge in [-0.1, -0.05) is 6.07 Å². The standard InChI is InChI=1S/C13H16N4O3/c1-16-7-5-11(6-8-16)14-15-13(18)10-3-2-4-12(9-10)17(19)20/h2-5,9,14H,6-8H2,1H3,(H,15,18). The van der Waals surface area contributed by atoms with E-state index in [1.165, 1.54) is 24.3 Å². The van der Waals surface area contributed by atoms with E-state index < -0.39 is 10.8 Å². The SMILES string of the molecule is CN1CC=C(NNC(=O)c2cccc([N+](=O)[O-])c2)CC1. The Morgan fingerprint density at radius 1 is 1.45 bits per heavy atom. The topological polar surface area (TPSA) is 87.5 Å². The minimum absolute atomic E-state index is 0.101. The van der Waals surface area contributed by atoms with Crippen LogP contribution in [0.1, 0.15) is 16.8 Å². The van der Waals surface area contributed by atoms with Crippen LogP contribution >= 0.6 is 0 Å². The smallest absolute Gasteiger partial charge is 0.270 e. The molecule has 1 aromatic carbocycles. The van der Waals surface area contributed by atoms with Crippen molar-refractivity contribution in [3.8, 4) is 0 Å². The summed E-state index contributed by atoms with van der Waals surface area (Å²) >= 11 is 0. The normalized spacial score (nSPS) is 15.3. The van der Waals surface area contributed by atoms with Gasteiger partial charge in [-0.2, -0.15) is 0 Å². The fourth-order valence-electron chi connectivity index (χ4n) is 1.85. The number of amides is 1. The number of non-ortho nitro benzene ring substituents is 1. The predicted molar refractivity (Wildman–Crippen MR) is 73.9 cm³/mol. The Kier molecular flexibility index (Phi) is 4.31. The van der Waals surface area contributed by atoms with E-state index in [1.54, 1.807) is 0 Å². The number of hydrazine groups is 1. The number of likely N-dealkylation sites (N-methyl/N-ethyl adjacent to an activating group) is 1. The van der Waals surface area contributed by atoms with Crippen molar-refractivity contribution in [2.24, 2.45) is 0 Å². The number of nitro benzene ring substituents is 1. The summed E-state index contributed by atoms with van der Waals surface area (Å²) < 4.78 is 0. The van der Waals surface area contributed by atoms with Crippen LogP contribution in [-0.4, -0.2) is 35.9 Å². The molecule has 20 heavy (non-hydrogen) atoms. The molecule has 1 aliphatic heterocycles. The summed E-state index contributed by atoms with van der Waals surface area (Å²) in [6.07, 6.45) is 2.82. The minimum atomic E-state index is -0.524. The lowest BCUT2D eigenvalue weighted by Gasteiger charge is -2.22. The van der Waals surface area contributed by atoms with Crippen LogP contribution in [0, 0.1) is 10.1 Å². The Morgan fingerprint density at radius 3 is 2.90 bits per heavy atom. The van der Waals surface area contributed by atoms with E-state index in [9.17, 15) is 14.9 Å². The van der Waals surface area contributed by atoms with Crippen molar-refractivity contribution in [2.75, 3.05) is 20.1 Å². The summed E-state index contributed by atoms with van der Waals surface area (Å²) in [5.41, 5.74) is 6.50. The maximum absolute atomic E-state index is 11.9. The van der Waals surface area contributed by atoms with Crippen molar-refractivity contribution in [1.82, 2.24) is 15.8 Å². The van der Waals surface area contributed by atoms with Crippen LogP contribution in [0.2, 0.25) is 0 Å². The lowest BCUT2D eigenvalue weighted by Crippen LogP contribution is -2.39. The van der Waals surface area contributed by atoms with E-state index in [0.29, 0.717) is 0 Å². The van der Waals surface area contributed by atoms with Gasteiger partial charge in [-0.25, -0.2) is 0 Å². The molecule has 106 valence electrons. The van der Waals surface area contributed by atoms with Gasteiger partial charge in [0.25, 0.3) is 11.6 Å². The Bertz CT molecular complexity index is 556. The third kappa shape index (κ3) is 3.55. The number of carbonyl (C=O) groups excluding carboxylic acids is 1. The lowest BCUT2D eigenvalue weighted by atomic mass is 10.2. The highest BCUT2D eigenvalue weighted by Gasteiger charge is 2.12. The molecule has 2 N–H and O–H groups in total. The first-order valence-electron chi connectivity index (χ1n) is 6.24. The van der Waals surface area contributed by atoms with Gasteiger partial charge in [-0.15, -0.1) is 0 Å². The van der Waals surface area contributed by atoms with Gasteiger partial charge in [0.05, 0.1) is 4.92 Å². The molecule has 1 aliphatic rings. The summed E-state index contributed by atoms with van der Waals surface area (Å²) in [4.78, 5) is 24.2. The monoisotopic (exact) mass is 276 g/mol. The molecule has 7 heteroatoms. The third-order valence-electron chi connectivity index (χ3n) is 3.07. The molecule has 0 spiro atoms. The number of benzene rings is 1. The highest BCUT2D eigenvalue weighted by atomic mass is 16.6. The quantitative estimate of drug-likeness (QED) is 0.634. The van der Waals surface area contributed by atoms with E-state index in [2.05, 4.69) is 15.8 Å². The molecule has 0 bridgehead atoms. The molecular formula is C13H16N4O3. The average molecular weight is 276 g/mol. The minimum Gasteiger partial charge on any atom is -0.303 e. The van der Waals surface area contributed by atoms with Crippen molar-refractivity contribution < 1.29 is 9.72 Å². The van der Waals surface area contributed by atoms with Crippen LogP contribution < -0.4 is 10.9 Å². The Balaban J connectivity index is 1.95. The summed E-state index contributed by atoms with van der Waals surface area (Å²) in [5, 5.41) is 10.7. The van der Waals surface area contributed by atoms with Gasteiger partial charge in [-0.3, -0.25) is 20.3 Å². The van der Waals surface area contributed by atoms with E-state index in [-0.39, 0.29) is 11.3 Å². The number of nitrogens with one attached hydrogen (secondary N) is 2.